The lowest BCUT2D eigenvalue weighted by molar-refractivity contribution is -0.137. The molecule has 0 aromatic rings. The number of nitrogens with one attached hydrogen (secondary N) is 1. The van der Waals surface area contributed by atoms with Crippen LogP contribution in [0.2, 0.25) is 0 Å². The Kier molecular flexibility index (Phi) is 7.63. The monoisotopic (exact) mass is 188 g/mol. The van der Waals surface area contributed by atoms with Gasteiger partial charge >= 0.3 is 5.97 Å². The second kappa shape index (κ2) is 8.01. The molecule has 0 unspecified atom stereocenters. The summed E-state index contributed by atoms with van der Waals surface area (Å²) in [7, 11) is 1.90. The van der Waals surface area contributed by atoms with Crippen LogP contribution in [-0.4, -0.2) is 49.2 Å². The Morgan fingerprint density at radius 2 is 2.08 bits per heavy atom. The second-order valence-electron chi connectivity index (χ2n) is 3.09. The van der Waals surface area contributed by atoms with E-state index in [0.29, 0.717) is 6.54 Å². The van der Waals surface area contributed by atoms with E-state index in [1.54, 1.807) is 0 Å². The molecule has 0 fully saturated rings. The van der Waals surface area contributed by atoms with Crippen LogP contribution in [0.3, 0.4) is 0 Å². The topological polar surface area (TPSA) is 52.6 Å². The van der Waals surface area contributed by atoms with Crippen molar-refractivity contribution in [1.82, 2.24) is 10.2 Å². The van der Waals surface area contributed by atoms with Gasteiger partial charge in [0.1, 0.15) is 0 Å². The van der Waals surface area contributed by atoms with Gasteiger partial charge < -0.3 is 15.3 Å². The molecule has 0 radical (unpaired) electrons. The smallest absolute Gasteiger partial charge is 0.304 e. The van der Waals surface area contributed by atoms with E-state index in [2.05, 4.69) is 17.1 Å². The quantitative estimate of drug-likeness (QED) is 0.578. The predicted octanol–water partition coefficient (Wildman–Crippen LogP) is 0.393. The summed E-state index contributed by atoms with van der Waals surface area (Å²) in [5.41, 5.74) is 0. The first kappa shape index (κ1) is 12.4. The van der Waals surface area contributed by atoms with Crippen LogP contribution in [0.25, 0.3) is 0 Å². The highest BCUT2D eigenvalue weighted by Crippen LogP contribution is 1.93. The molecule has 78 valence electrons. The van der Waals surface area contributed by atoms with Gasteiger partial charge in [-0.05, 0) is 20.0 Å². The van der Waals surface area contributed by atoms with Gasteiger partial charge in [0.05, 0.1) is 6.42 Å². The number of aliphatic carboxylic acids is 1. The Balaban J connectivity index is 3.59. The lowest BCUT2D eigenvalue weighted by Crippen LogP contribution is -2.33. The van der Waals surface area contributed by atoms with Crippen LogP contribution in [0.4, 0.5) is 0 Å². The molecule has 0 heterocycles. The molecule has 0 bridgehead atoms. The molecule has 0 aliphatic rings. The fraction of sp³-hybridized carbons (Fsp3) is 0.889. The van der Waals surface area contributed by atoms with Gasteiger partial charge in [-0.25, -0.2) is 0 Å². The highest BCUT2D eigenvalue weighted by molar-refractivity contribution is 5.66. The van der Waals surface area contributed by atoms with Gasteiger partial charge in [0.25, 0.3) is 0 Å². The standard InChI is InChI=1S/C9H20N2O2/c1-3-6-11(8-5-10-2)7-4-9(12)13/h10H,3-8H2,1-2H3,(H,12,13). The average molecular weight is 188 g/mol. The van der Waals surface area contributed by atoms with Gasteiger partial charge in [0, 0.05) is 19.6 Å². The first-order valence-corrected chi connectivity index (χ1v) is 4.79. The summed E-state index contributed by atoms with van der Waals surface area (Å²) in [6.45, 7) is 5.59. The van der Waals surface area contributed by atoms with Crippen molar-refractivity contribution in [3.8, 4) is 0 Å². The SMILES string of the molecule is CCCN(CCNC)CCC(=O)O. The predicted molar refractivity (Wildman–Crippen MR) is 52.9 cm³/mol. The van der Waals surface area contributed by atoms with E-state index in [-0.39, 0.29) is 6.42 Å². The molecule has 0 rings (SSSR count). The second-order valence-corrected chi connectivity index (χ2v) is 3.09. The third kappa shape index (κ3) is 7.74. The minimum atomic E-state index is -0.717. The lowest BCUT2D eigenvalue weighted by Gasteiger charge is -2.20. The zero-order chi connectivity index (χ0) is 10.1. The van der Waals surface area contributed by atoms with Crippen LogP contribution in [0.5, 0.6) is 0 Å². The van der Waals surface area contributed by atoms with Crippen molar-refractivity contribution in [2.45, 2.75) is 19.8 Å². The Hall–Kier alpha value is -0.610. The van der Waals surface area contributed by atoms with Crippen LogP contribution < -0.4 is 5.32 Å². The third-order valence-electron chi connectivity index (χ3n) is 1.86. The van der Waals surface area contributed by atoms with Gasteiger partial charge in [0.15, 0.2) is 0 Å². The number of nitrogens with zero attached hydrogens (tertiary/aromatic N) is 1. The number of hydrogen-bond acceptors (Lipinski definition) is 3. The summed E-state index contributed by atoms with van der Waals surface area (Å²) in [5, 5.41) is 11.6. The Labute approximate surface area is 79.9 Å². The molecule has 0 amide bonds. The van der Waals surface area contributed by atoms with E-state index in [1.165, 1.54) is 0 Å². The Morgan fingerprint density at radius 3 is 2.54 bits per heavy atom. The fourth-order valence-electron chi connectivity index (χ4n) is 1.18. The van der Waals surface area contributed by atoms with Crippen molar-refractivity contribution >= 4 is 5.97 Å². The van der Waals surface area contributed by atoms with Gasteiger partial charge in [0.2, 0.25) is 0 Å². The summed E-state index contributed by atoms with van der Waals surface area (Å²) in [6, 6.07) is 0. The van der Waals surface area contributed by atoms with Crippen molar-refractivity contribution in [3.05, 3.63) is 0 Å². The average Bonchev–Trinajstić information content (AvgIpc) is 2.09. The van der Waals surface area contributed by atoms with Crippen molar-refractivity contribution in [2.75, 3.05) is 33.2 Å². The van der Waals surface area contributed by atoms with E-state index >= 15 is 0 Å². The lowest BCUT2D eigenvalue weighted by atomic mass is 10.3. The maximum Gasteiger partial charge on any atom is 0.304 e. The van der Waals surface area contributed by atoms with Crippen molar-refractivity contribution in [1.29, 1.82) is 0 Å². The third-order valence-corrected chi connectivity index (χ3v) is 1.86. The van der Waals surface area contributed by atoms with Crippen LogP contribution in [0.1, 0.15) is 19.8 Å². The van der Waals surface area contributed by atoms with Crippen molar-refractivity contribution in [2.24, 2.45) is 0 Å². The number of carboxylic acids is 1. The maximum absolute atomic E-state index is 10.3. The van der Waals surface area contributed by atoms with E-state index in [1.807, 2.05) is 7.05 Å². The molecule has 0 saturated carbocycles. The van der Waals surface area contributed by atoms with E-state index in [9.17, 15) is 4.79 Å². The molecular weight excluding hydrogens is 168 g/mol. The summed E-state index contributed by atoms with van der Waals surface area (Å²) in [5.74, 6) is -0.717. The largest absolute Gasteiger partial charge is 0.481 e. The first-order valence-electron chi connectivity index (χ1n) is 4.79. The number of hydrogen-bond donors (Lipinski definition) is 2. The summed E-state index contributed by atoms with van der Waals surface area (Å²) in [6.07, 6.45) is 1.31. The van der Waals surface area contributed by atoms with Gasteiger partial charge in [-0.15, -0.1) is 0 Å². The van der Waals surface area contributed by atoms with Crippen LogP contribution in [0, 0.1) is 0 Å². The molecule has 2 N–H and O–H groups in total. The molecule has 0 aromatic heterocycles. The molecule has 0 spiro atoms. The molecule has 0 aromatic carbocycles. The van der Waals surface area contributed by atoms with E-state index < -0.39 is 5.97 Å². The Bertz CT molecular complexity index is 140. The Morgan fingerprint density at radius 1 is 1.38 bits per heavy atom. The zero-order valence-electron chi connectivity index (χ0n) is 8.55. The molecule has 4 nitrogen and oxygen atoms in total. The molecule has 0 aliphatic carbocycles. The van der Waals surface area contributed by atoms with E-state index in [0.717, 1.165) is 26.1 Å². The zero-order valence-corrected chi connectivity index (χ0v) is 8.55. The van der Waals surface area contributed by atoms with Crippen LogP contribution in [0.15, 0.2) is 0 Å². The normalized spacial score (nSPS) is 10.7. The molecular formula is C9H20N2O2. The van der Waals surface area contributed by atoms with Gasteiger partial charge in [-0.3, -0.25) is 4.79 Å². The van der Waals surface area contributed by atoms with E-state index in [4.69, 9.17) is 5.11 Å². The number of rotatable bonds is 8. The maximum atomic E-state index is 10.3. The minimum absolute atomic E-state index is 0.240. The van der Waals surface area contributed by atoms with Crippen LogP contribution >= 0.6 is 0 Å². The highest BCUT2D eigenvalue weighted by Gasteiger charge is 2.05. The molecule has 0 aliphatic heterocycles. The molecule has 13 heavy (non-hydrogen) atoms. The summed E-state index contributed by atoms with van der Waals surface area (Å²) < 4.78 is 0. The number of likely N-dealkylation sites (N-methyl/N-ethyl adjacent to an activating group) is 1. The molecule has 0 saturated heterocycles. The number of carbonyl (C=O) groups is 1. The molecule has 4 heteroatoms. The highest BCUT2D eigenvalue weighted by atomic mass is 16.4. The van der Waals surface area contributed by atoms with Gasteiger partial charge in [-0.2, -0.15) is 0 Å². The summed E-state index contributed by atoms with van der Waals surface area (Å²) in [4.78, 5) is 12.5. The fourth-order valence-corrected chi connectivity index (χ4v) is 1.18. The van der Waals surface area contributed by atoms with Crippen LogP contribution in [-0.2, 0) is 4.79 Å². The molecule has 0 atom stereocenters. The van der Waals surface area contributed by atoms with Crippen molar-refractivity contribution in [3.63, 3.8) is 0 Å². The van der Waals surface area contributed by atoms with Crippen molar-refractivity contribution < 1.29 is 9.90 Å². The van der Waals surface area contributed by atoms with Gasteiger partial charge in [-0.1, -0.05) is 6.92 Å². The minimum Gasteiger partial charge on any atom is -0.481 e. The summed E-state index contributed by atoms with van der Waals surface area (Å²) >= 11 is 0. The number of carboxylic acid groups (broad SMARTS) is 1. The first-order chi connectivity index (χ1) is 6.20.